The molecule has 2 amide bonds. The third kappa shape index (κ3) is 3.33. The van der Waals surface area contributed by atoms with Crippen LogP contribution >= 0.6 is 0 Å². The van der Waals surface area contributed by atoms with Gasteiger partial charge >= 0.3 is 12.0 Å². The molecule has 6 nitrogen and oxygen atoms in total. The fourth-order valence-corrected chi connectivity index (χ4v) is 2.64. The van der Waals surface area contributed by atoms with Crippen LogP contribution in [0.5, 0.6) is 0 Å². The monoisotopic (exact) mass is 292 g/mol. The summed E-state index contributed by atoms with van der Waals surface area (Å²) in [7, 11) is 3.26. The highest BCUT2D eigenvalue weighted by Crippen LogP contribution is 2.23. The summed E-state index contributed by atoms with van der Waals surface area (Å²) in [6, 6.07) is 6.34. The van der Waals surface area contributed by atoms with Crippen molar-refractivity contribution >= 4 is 17.7 Å². The molecule has 0 aromatic heterocycles. The quantitative estimate of drug-likeness (QED) is 0.920. The molecule has 0 bridgehead atoms. The van der Waals surface area contributed by atoms with Gasteiger partial charge in [-0.1, -0.05) is 12.1 Å². The minimum Gasteiger partial charge on any atom is -0.478 e. The Bertz CT molecular complexity index is 532. The maximum absolute atomic E-state index is 12.5. The average Bonchev–Trinajstić information content (AvgIpc) is 2.94. The van der Waals surface area contributed by atoms with Gasteiger partial charge in [0.1, 0.15) is 0 Å². The third-order valence-electron chi connectivity index (χ3n) is 3.74. The van der Waals surface area contributed by atoms with Gasteiger partial charge in [0, 0.05) is 33.2 Å². The number of likely N-dealkylation sites (tertiary alicyclic amines) is 1. The number of carboxylic acids is 1. The molecule has 1 atom stereocenters. The van der Waals surface area contributed by atoms with E-state index < -0.39 is 5.97 Å². The molecule has 1 saturated heterocycles. The van der Waals surface area contributed by atoms with Crippen LogP contribution in [0.2, 0.25) is 0 Å². The second-order valence-corrected chi connectivity index (χ2v) is 5.22. The van der Waals surface area contributed by atoms with Gasteiger partial charge in [0.25, 0.3) is 0 Å². The number of hydrogen-bond donors (Lipinski definition) is 1. The van der Waals surface area contributed by atoms with Gasteiger partial charge in [-0.3, -0.25) is 4.90 Å². The molecule has 0 spiro atoms. The molecular weight excluding hydrogens is 272 g/mol. The summed E-state index contributed by atoms with van der Waals surface area (Å²) in [5, 5.41) is 9.21. The number of hydrogen-bond acceptors (Lipinski definition) is 3. The normalized spacial score (nSPS) is 17.8. The molecule has 1 aromatic carbocycles. The Hall–Kier alpha value is -2.08. The van der Waals surface area contributed by atoms with E-state index in [0.717, 1.165) is 6.42 Å². The fraction of sp³-hybridized carbons (Fsp3) is 0.467. The topological polar surface area (TPSA) is 70.1 Å². The van der Waals surface area contributed by atoms with Gasteiger partial charge in [-0.05, 0) is 18.6 Å². The number of methoxy groups -OCH3 is 1. The largest absolute Gasteiger partial charge is 0.478 e. The number of carbonyl (C=O) groups excluding carboxylic acids is 1. The van der Waals surface area contributed by atoms with E-state index in [1.54, 1.807) is 37.3 Å². The maximum Gasteiger partial charge on any atom is 0.337 e. The first-order chi connectivity index (χ1) is 10.0. The molecule has 0 aliphatic carbocycles. The Morgan fingerprint density at radius 2 is 2.14 bits per heavy atom. The van der Waals surface area contributed by atoms with Gasteiger partial charge in [-0.2, -0.15) is 0 Å². The second kappa shape index (κ2) is 6.58. The molecule has 1 heterocycles. The summed E-state index contributed by atoms with van der Waals surface area (Å²) in [4.78, 5) is 26.9. The van der Waals surface area contributed by atoms with Crippen molar-refractivity contribution in [3.8, 4) is 0 Å². The van der Waals surface area contributed by atoms with Crippen molar-refractivity contribution in [2.24, 2.45) is 5.92 Å². The number of carbonyl (C=O) groups is 2. The van der Waals surface area contributed by atoms with Crippen molar-refractivity contribution in [3.05, 3.63) is 29.8 Å². The molecule has 1 aliphatic rings. The third-order valence-corrected chi connectivity index (χ3v) is 3.74. The van der Waals surface area contributed by atoms with Crippen LogP contribution in [0.3, 0.4) is 0 Å². The lowest BCUT2D eigenvalue weighted by Crippen LogP contribution is -2.40. The standard InChI is InChI=1S/C15H20N2O4/c1-16(13-6-4-3-5-12(13)14(18)19)15(20)17-8-7-11(9-17)10-21-2/h3-6,11H,7-10H2,1-2H3,(H,18,19). The van der Waals surface area contributed by atoms with Crippen LogP contribution in [0.4, 0.5) is 10.5 Å². The van der Waals surface area contributed by atoms with Crippen LogP contribution in [-0.2, 0) is 4.74 Å². The number of amides is 2. The highest BCUT2D eigenvalue weighted by Gasteiger charge is 2.29. The van der Waals surface area contributed by atoms with Crippen LogP contribution in [0.1, 0.15) is 16.8 Å². The lowest BCUT2D eigenvalue weighted by Gasteiger charge is -2.25. The molecule has 1 N–H and O–H groups in total. The number of carboxylic acid groups (broad SMARTS) is 1. The Morgan fingerprint density at radius 3 is 2.81 bits per heavy atom. The lowest BCUT2D eigenvalue weighted by atomic mass is 10.1. The van der Waals surface area contributed by atoms with E-state index in [-0.39, 0.29) is 11.6 Å². The number of anilines is 1. The fourth-order valence-electron chi connectivity index (χ4n) is 2.64. The van der Waals surface area contributed by atoms with Crippen molar-refractivity contribution in [1.29, 1.82) is 0 Å². The van der Waals surface area contributed by atoms with E-state index in [2.05, 4.69) is 0 Å². The van der Waals surface area contributed by atoms with Crippen molar-refractivity contribution in [3.63, 3.8) is 0 Å². The highest BCUT2D eigenvalue weighted by atomic mass is 16.5. The summed E-state index contributed by atoms with van der Waals surface area (Å²) in [6.07, 6.45) is 0.911. The Balaban J connectivity index is 2.12. The Labute approximate surface area is 123 Å². The molecule has 0 radical (unpaired) electrons. The van der Waals surface area contributed by atoms with Gasteiger partial charge in [0.15, 0.2) is 0 Å². The number of urea groups is 1. The predicted molar refractivity (Wildman–Crippen MR) is 78.8 cm³/mol. The molecule has 21 heavy (non-hydrogen) atoms. The van der Waals surface area contributed by atoms with Gasteiger partial charge in [0.05, 0.1) is 17.9 Å². The van der Waals surface area contributed by atoms with Crippen LogP contribution in [0.15, 0.2) is 24.3 Å². The van der Waals surface area contributed by atoms with E-state index in [9.17, 15) is 14.7 Å². The number of rotatable bonds is 4. The molecule has 2 rings (SSSR count). The number of ether oxygens (including phenoxy) is 1. The van der Waals surface area contributed by atoms with Gasteiger partial charge in [0.2, 0.25) is 0 Å². The molecule has 1 unspecified atom stereocenters. The maximum atomic E-state index is 12.5. The molecule has 114 valence electrons. The zero-order valence-corrected chi connectivity index (χ0v) is 12.3. The summed E-state index contributed by atoms with van der Waals surface area (Å²) in [5.41, 5.74) is 0.533. The van der Waals surface area contributed by atoms with Crippen molar-refractivity contribution in [2.75, 3.05) is 38.8 Å². The minimum absolute atomic E-state index is 0.126. The molecule has 1 fully saturated rings. The Morgan fingerprint density at radius 1 is 1.43 bits per heavy atom. The van der Waals surface area contributed by atoms with Crippen LogP contribution < -0.4 is 4.90 Å². The second-order valence-electron chi connectivity index (χ2n) is 5.22. The number of para-hydroxylation sites is 1. The molecule has 0 saturated carbocycles. The summed E-state index contributed by atoms with van der Waals surface area (Å²) in [6.45, 7) is 1.96. The first-order valence-corrected chi connectivity index (χ1v) is 6.88. The first kappa shape index (κ1) is 15.3. The van der Waals surface area contributed by atoms with Crippen LogP contribution in [0.25, 0.3) is 0 Å². The van der Waals surface area contributed by atoms with E-state index in [4.69, 9.17) is 4.74 Å². The van der Waals surface area contributed by atoms with Crippen molar-refractivity contribution < 1.29 is 19.4 Å². The van der Waals surface area contributed by atoms with Crippen LogP contribution in [-0.4, -0.2) is 55.9 Å². The van der Waals surface area contributed by atoms with Crippen molar-refractivity contribution in [1.82, 2.24) is 4.90 Å². The van der Waals surface area contributed by atoms with Gasteiger partial charge in [-0.15, -0.1) is 0 Å². The summed E-state index contributed by atoms with van der Waals surface area (Å²) in [5.74, 6) is -0.689. The predicted octanol–water partition coefficient (Wildman–Crippen LogP) is 1.91. The highest BCUT2D eigenvalue weighted by molar-refractivity contribution is 6.01. The zero-order valence-electron chi connectivity index (χ0n) is 12.3. The Kier molecular flexibility index (Phi) is 4.80. The van der Waals surface area contributed by atoms with E-state index >= 15 is 0 Å². The molecular formula is C15H20N2O4. The number of nitrogens with zero attached hydrogens (tertiary/aromatic N) is 2. The van der Waals surface area contributed by atoms with E-state index in [0.29, 0.717) is 31.3 Å². The summed E-state index contributed by atoms with van der Waals surface area (Å²) < 4.78 is 5.12. The SMILES string of the molecule is COCC1CCN(C(=O)N(C)c2ccccc2C(=O)O)C1. The van der Waals surface area contributed by atoms with Crippen molar-refractivity contribution in [2.45, 2.75) is 6.42 Å². The lowest BCUT2D eigenvalue weighted by molar-refractivity contribution is 0.0697. The molecule has 6 heteroatoms. The van der Waals surface area contributed by atoms with E-state index in [1.165, 1.54) is 11.0 Å². The molecule has 1 aromatic rings. The van der Waals surface area contributed by atoms with Gasteiger partial charge < -0.3 is 14.7 Å². The van der Waals surface area contributed by atoms with Gasteiger partial charge in [-0.25, -0.2) is 9.59 Å². The average molecular weight is 292 g/mol. The number of aromatic carboxylic acids is 1. The molecule has 1 aliphatic heterocycles. The summed E-state index contributed by atoms with van der Waals surface area (Å²) >= 11 is 0. The van der Waals surface area contributed by atoms with Crippen LogP contribution in [0, 0.1) is 5.92 Å². The smallest absolute Gasteiger partial charge is 0.337 e. The number of benzene rings is 1. The minimum atomic E-state index is -1.04. The first-order valence-electron chi connectivity index (χ1n) is 6.88. The van der Waals surface area contributed by atoms with E-state index in [1.807, 2.05) is 0 Å². The zero-order chi connectivity index (χ0) is 15.4.